The molecule has 1 saturated heterocycles. The zero-order chi connectivity index (χ0) is 14.9. The predicted octanol–water partition coefficient (Wildman–Crippen LogP) is -1.65. The van der Waals surface area contributed by atoms with E-state index in [4.69, 9.17) is 4.74 Å². The Morgan fingerprint density at radius 3 is 2.80 bits per heavy atom. The van der Waals surface area contributed by atoms with Crippen molar-refractivity contribution >= 4 is 17.6 Å². The van der Waals surface area contributed by atoms with Gasteiger partial charge in [-0.05, 0) is 6.26 Å². The third kappa shape index (κ3) is 2.96. The van der Waals surface area contributed by atoms with Crippen LogP contribution in [0.15, 0.2) is 16.0 Å². The monoisotopic (exact) mass is 303 g/mol. The molecule has 0 spiro atoms. The number of aliphatic hydroxyl groups is 3. The Bertz CT molecular complexity index is 537. The molecular weight excluding hydrogens is 286 g/mol. The number of anilines is 1. The minimum atomic E-state index is -1.32. The van der Waals surface area contributed by atoms with E-state index < -0.39 is 24.5 Å². The number of thioether (sulfide) groups is 1. The van der Waals surface area contributed by atoms with Gasteiger partial charge in [-0.1, -0.05) is 11.8 Å². The van der Waals surface area contributed by atoms with Crippen molar-refractivity contribution < 1.29 is 20.1 Å². The van der Waals surface area contributed by atoms with E-state index in [9.17, 15) is 20.1 Å². The fourth-order valence-corrected chi connectivity index (χ4v) is 2.41. The highest BCUT2D eigenvalue weighted by Gasteiger charge is 2.37. The minimum absolute atomic E-state index is 0.115. The molecule has 9 heteroatoms. The van der Waals surface area contributed by atoms with Crippen LogP contribution in [-0.4, -0.2) is 62.3 Å². The lowest BCUT2D eigenvalue weighted by Crippen LogP contribution is -2.55. The topological polar surface area (TPSA) is 117 Å². The molecule has 20 heavy (non-hydrogen) atoms. The van der Waals surface area contributed by atoms with Crippen molar-refractivity contribution in [3.05, 3.63) is 16.4 Å². The van der Waals surface area contributed by atoms with Crippen molar-refractivity contribution in [2.45, 2.75) is 29.7 Å². The predicted molar refractivity (Wildman–Crippen MR) is 72.6 cm³/mol. The molecule has 4 N–H and O–H groups in total. The number of hydrogen-bond donors (Lipinski definition) is 4. The van der Waals surface area contributed by atoms with E-state index in [0.29, 0.717) is 5.16 Å². The molecule has 2 heterocycles. The Hall–Kier alpha value is -1.13. The van der Waals surface area contributed by atoms with Gasteiger partial charge in [0.1, 0.15) is 24.1 Å². The molecule has 0 aliphatic carbocycles. The van der Waals surface area contributed by atoms with Crippen molar-refractivity contribution in [2.75, 3.05) is 18.2 Å². The van der Waals surface area contributed by atoms with Gasteiger partial charge in [-0.25, -0.2) is 4.98 Å². The first-order chi connectivity index (χ1) is 9.43. The normalized spacial score (nSPS) is 30.2. The number of nitrogens with one attached hydrogen (secondary N) is 1. The Balaban J connectivity index is 2.18. The summed E-state index contributed by atoms with van der Waals surface area (Å²) in [6.45, 7) is -0.115. The molecule has 0 saturated carbocycles. The van der Waals surface area contributed by atoms with Crippen molar-refractivity contribution in [3.63, 3.8) is 0 Å². The molecule has 1 aromatic heterocycles. The van der Waals surface area contributed by atoms with Crippen LogP contribution in [0.25, 0.3) is 0 Å². The maximum absolute atomic E-state index is 11.7. The summed E-state index contributed by atoms with van der Waals surface area (Å²) >= 11 is 1.31. The lowest BCUT2D eigenvalue weighted by Gasteiger charge is -2.35. The van der Waals surface area contributed by atoms with E-state index in [0.717, 1.165) is 0 Å². The van der Waals surface area contributed by atoms with E-state index in [1.54, 1.807) is 13.3 Å². The van der Waals surface area contributed by atoms with Gasteiger partial charge in [-0.3, -0.25) is 9.36 Å². The zero-order valence-electron chi connectivity index (χ0n) is 11.1. The van der Waals surface area contributed by atoms with Gasteiger partial charge in [0.2, 0.25) is 0 Å². The molecule has 0 amide bonds. The summed E-state index contributed by atoms with van der Waals surface area (Å²) in [5.74, 6) is 0.241. The van der Waals surface area contributed by atoms with Gasteiger partial charge in [0, 0.05) is 13.1 Å². The molecule has 8 nitrogen and oxygen atoms in total. The quantitative estimate of drug-likeness (QED) is 0.388. The zero-order valence-corrected chi connectivity index (χ0v) is 11.9. The number of hydrogen-bond acceptors (Lipinski definition) is 8. The first-order valence-electron chi connectivity index (χ1n) is 5.98. The van der Waals surface area contributed by atoms with Gasteiger partial charge in [0.25, 0.3) is 5.56 Å². The van der Waals surface area contributed by atoms with Crippen molar-refractivity contribution in [1.29, 1.82) is 0 Å². The number of ether oxygens (including phenoxy) is 1. The largest absolute Gasteiger partial charge is 0.388 e. The van der Waals surface area contributed by atoms with Crippen LogP contribution >= 0.6 is 11.8 Å². The highest BCUT2D eigenvalue weighted by atomic mass is 32.2. The number of aliphatic hydroxyl groups excluding tert-OH is 3. The molecule has 0 bridgehead atoms. The minimum Gasteiger partial charge on any atom is -0.388 e. The van der Waals surface area contributed by atoms with E-state index >= 15 is 0 Å². The third-order valence-electron chi connectivity index (χ3n) is 3.07. The molecule has 1 aliphatic rings. The van der Waals surface area contributed by atoms with Crippen LogP contribution < -0.4 is 10.9 Å². The fourth-order valence-electron chi connectivity index (χ4n) is 1.85. The second kappa shape index (κ2) is 6.10. The first-order valence-corrected chi connectivity index (χ1v) is 7.21. The van der Waals surface area contributed by atoms with Crippen LogP contribution in [0, 0.1) is 0 Å². The number of nitrogens with zero attached hydrogens (tertiary/aromatic N) is 2. The maximum Gasteiger partial charge on any atom is 0.255 e. The van der Waals surface area contributed by atoms with Crippen LogP contribution in [0.2, 0.25) is 0 Å². The molecular formula is C11H17N3O5S. The average molecular weight is 303 g/mol. The lowest BCUT2D eigenvalue weighted by molar-refractivity contribution is -0.178. The van der Waals surface area contributed by atoms with Crippen LogP contribution in [0.3, 0.4) is 0 Å². The summed E-state index contributed by atoms with van der Waals surface area (Å²) < 4.78 is 6.59. The summed E-state index contributed by atoms with van der Waals surface area (Å²) in [7, 11) is 1.61. The van der Waals surface area contributed by atoms with Crippen LogP contribution in [-0.2, 0) is 11.8 Å². The van der Waals surface area contributed by atoms with E-state index in [2.05, 4.69) is 10.3 Å². The lowest BCUT2D eigenvalue weighted by atomic mass is 10.0. The fraction of sp³-hybridized carbons (Fsp3) is 0.636. The van der Waals surface area contributed by atoms with Gasteiger partial charge in [0.15, 0.2) is 11.4 Å². The van der Waals surface area contributed by atoms with Crippen LogP contribution in [0.1, 0.15) is 0 Å². The third-order valence-corrected chi connectivity index (χ3v) is 3.80. The maximum atomic E-state index is 11.7. The van der Waals surface area contributed by atoms with Crippen LogP contribution in [0.4, 0.5) is 5.82 Å². The molecule has 4 atom stereocenters. The van der Waals surface area contributed by atoms with Crippen molar-refractivity contribution in [3.8, 4) is 0 Å². The van der Waals surface area contributed by atoms with Crippen molar-refractivity contribution in [1.82, 2.24) is 9.55 Å². The molecule has 1 aromatic rings. The Morgan fingerprint density at radius 1 is 1.45 bits per heavy atom. The summed E-state index contributed by atoms with van der Waals surface area (Å²) in [6.07, 6.45) is -2.92. The molecule has 0 unspecified atom stereocenters. The number of aromatic nitrogens is 2. The molecule has 1 aliphatic heterocycles. The first kappa shape index (κ1) is 15.3. The summed E-state index contributed by atoms with van der Waals surface area (Å²) in [5.41, 5.74) is -0.252. The van der Waals surface area contributed by atoms with Gasteiger partial charge >= 0.3 is 0 Å². The Labute approximate surface area is 119 Å². The SMILES string of the molecule is CSc1nc(N[C@H]2OC[C@@H](O)[C@@H](O)[C@H]2O)cc(=O)n1C. The molecule has 0 radical (unpaired) electrons. The van der Waals surface area contributed by atoms with Crippen LogP contribution in [0.5, 0.6) is 0 Å². The standard InChI is InChI=1S/C11H17N3O5S/c1-14-7(16)3-6(13-11(14)20-2)12-10-9(18)8(17)5(15)4-19-10/h3,5,8-10,12,15,17-18H,4H2,1-2H3/t5-,8-,9-,10+/m1/s1. The second-order valence-corrected chi connectivity index (χ2v) is 5.25. The highest BCUT2D eigenvalue weighted by Crippen LogP contribution is 2.18. The summed E-state index contributed by atoms with van der Waals surface area (Å²) in [4.78, 5) is 15.9. The van der Waals surface area contributed by atoms with Gasteiger partial charge in [-0.15, -0.1) is 0 Å². The highest BCUT2D eigenvalue weighted by molar-refractivity contribution is 7.98. The Morgan fingerprint density at radius 2 is 2.15 bits per heavy atom. The van der Waals surface area contributed by atoms with Crippen molar-refractivity contribution in [2.24, 2.45) is 7.05 Å². The molecule has 112 valence electrons. The molecule has 2 rings (SSSR count). The number of rotatable bonds is 3. The van der Waals surface area contributed by atoms with E-state index in [1.165, 1.54) is 22.4 Å². The summed E-state index contributed by atoms with van der Waals surface area (Å²) in [6, 6.07) is 1.27. The van der Waals surface area contributed by atoms with Gasteiger partial charge in [-0.2, -0.15) is 0 Å². The average Bonchev–Trinajstić information content (AvgIpc) is 2.43. The molecule has 1 fully saturated rings. The van der Waals surface area contributed by atoms with E-state index in [-0.39, 0.29) is 18.0 Å². The van der Waals surface area contributed by atoms with E-state index in [1.807, 2.05) is 0 Å². The van der Waals surface area contributed by atoms with Gasteiger partial charge < -0.3 is 25.4 Å². The molecule has 0 aromatic carbocycles. The second-order valence-electron chi connectivity index (χ2n) is 4.47. The Kier molecular flexibility index (Phi) is 4.66. The summed E-state index contributed by atoms with van der Waals surface area (Å²) in [5, 5.41) is 32.0. The smallest absolute Gasteiger partial charge is 0.255 e. The van der Waals surface area contributed by atoms with Gasteiger partial charge in [0.05, 0.1) is 6.61 Å².